The smallest absolute Gasteiger partial charge is 0.430 e. The average Bonchev–Trinajstić information content (AvgIpc) is 2.34. The minimum absolute atomic E-state index is 0.0187. The second-order valence-electron chi connectivity index (χ2n) is 4.20. The van der Waals surface area contributed by atoms with Crippen molar-refractivity contribution in [2.45, 2.75) is 38.9 Å². The summed E-state index contributed by atoms with van der Waals surface area (Å²) < 4.78 is 10.1. The summed E-state index contributed by atoms with van der Waals surface area (Å²) >= 11 is 0. The summed E-state index contributed by atoms with van der Waals surface area (Å²) in [6, 6.07) is 0. The van der Waals surface area contributed by atoms with Crippen molar-refractivity contribution in [3.63, 3.8) is 0 Å². The number of rotatable bonds is 1. The van der Waals surface area contributed by atoms with Crippen LogP contribution in [0.25, 0.3) is 0 Å². The second kappa shape index (κ2) is 3.96. The number of hydrogen-bond acceptors (Lipinski definition) is 4. The highest BCUT2D eigenvalue weighted by Gasteiger charge is 2.23. The summed E-state index contributed by atoms with van der Waals surface area (Å²) in [4.78, 5) is 11.1. The van der Waals surface area contributed by atoms with Crippen LogP contribution < -0.4 is 5.32 Å². The molecule has 4 nitrogen and oxygen atoms in total. The van der Waals surface area contributed by atoms with Crippen LogP contribution in [0.2, 0.25) is 0 Å². The molecule has 1 aliphatic heterocycles. The monoisotopic (exact) mass is 187 g/mol. The van der Waals surface area contributed by atoms with Gasteiger partial charge in [-0.1, -0.05) is 0 Å². The van der Waals surface area contributed by atoms with E-state index in [1.807, 2.05) is 20.8 Å². The fourth-order valence-electron chi connectivity index (χ4n) is 1.14. The van der Waals surface area contributed by atoms with E-state index in [0.717, 1.165) is 19.5 Å². The molecule has 0 aliphatic carbocycles. The zero-order chi connectivity index (χ0) is 9.90. The molecule has 1 heterocycles. The van der Waals surface area contributed by atoms with E-state index in [2.05, 4.69) is 5.32 Å². The van der Waals surface area contributed by atoms with Crippen LogP contribution in [0.4, 0.5) is 4.79 Å². The van der Waals surface area contributed by atoms with Crippen molar-refractivity contribution in [1.82, 2.24) is 5.32 Å². The molecule has 0 aromatic carbocycles. The van der Waals surface area contributed by atoms with Crippen LogP contribution in [-0.2, 0) is 9.47 Å². The average molecular weight is 187 g/mol. The van der Waals surface area contributed by atoms with Gasteiger partial charge < -0.3 is 14.8 Å². The van der Waals surface area contributed by atoms with Gasteiger partial charge in [-0.2, -0.15) is 0 Å². The number of carbonyl (C=O) groups is 1. The third-order valence-corrected chi connectivity index (χ3v) is 1.67. The van der Waals surface area contributed by atoms with Crippen LogP contribution in [0.3, 0.4) is 0 Å². The van der Waals surface area contributed by atoms with Crippen LogP contribution >= 0.6 is 0 Å². The van der Waals surface area contributed by atoms with Gasteiger partial charge in [-0.3, -0.25) is 0 Å². The molecule has 1 rings (SSSR count). The number of nitrogens with one attached hydrogen (secondary N) is 1. The van der Waals surface area contributed by atoms with Gasteiger partial charge in [-0.05, 0) is 33.7 Å². The standard InChI is InChI=1S/C9H17NO3/c1-9(2,3)13-8(11)12-7-4-5-10-6-7/h7,10H,4-6H2,1-3H3/t7-/m1/s1. The SMILES string of the molecule is CC(C)(C)OC(=O)O[C@@H]1CCNC1. The Labute approximate surface area is 78.6 Å². The Morgan fingerprint density at radius 2 is 2.15 bits per heavy atom. The molecule has 0 aromatic heterocycles. The first-order valence-electron chi connectivity index (χ1n) is 4.58. The summed E-state index contributed by atoms with van der Waals surface area (Å²) in [7, 11) is 0. The number of ether oxygens (including phenoxy) is 2. The van der Waals surface area contributed by atoms with E-state index in [0.29, 0.717) is 0 Å². The van der Waals surface area contributed by atoms with Gasteiger partial charge in [-0.15, -0.1) is 0 Å². The fourth-order valence-corrected chi connectivity index (χ4v) is 1.14. The second-order valence-corrected chi connectivity index (χ2v) is 4.20. The highest BCUT2D eigenvalue weighted by molar-refractivity contribution is 5.60. The van der Waals surface area contributed by atoms with Crippen molar-refractivity contribution in [1.29, 1.82) is 0 Å². The van der Waals surface area contributed by atoms with E-state index < -0.39 is 11.8 Å². The lowest BCUT2D eigenvalue weighted by Crippen LogP contribution is -2.28. The molecule has 0 spiro atoms. The molecule has 0 aromatic rings. The molecule has 0 radical (unpaired) electrons. The van der Waals surface area contributed by atoms with Crippen LogP contribution in [0, 0.1) is 0 Å². The van der Waals surface area contributed by atoms with Gasteiger partial charge in [0.2, 0.25) is 0 Å². The molecule has 1 N–H and O–H groups in total. The highest BCUT2D eigenvalue weighted by Crippen LogP contribution is 2.11. The van der Waals surface area contributed by atoms with Crippen molar-refractivity contribution < 1.29 is 14.3 Å². The minimum Gasteiger partial charge on any atom is -0.430 e. The Bertz CT molecular complexity index is 180. The first-order valence-corrected chi connectivity index (χ1v) is 4.58. The van der Waals surface area contributed by atoms with Gasteiger partial charge in [0.25, 0.3) is 0 Å². The van der Waals surface area contributed by atoms with Crippen molar-refractivity contribution in [2.75, 3.05) is 13.1 Å². The van der Waals surface area contributed by atoms with Crippen LogP contribution in [0.1, 0.15) is 27.2 Å². The predicted octanol–water partition coefficient (Wildman–Crippen LogP) is 1.30. The topological polar surface area (TPSA) is 47.6 Å². The first kappa shape index (κ1) is 10.3. The molecular formula is C9H17NO3. The first-order chi connectivity index (χ1) is 5.97. The molecule has 0 bridgehead atoms. The Morgan fingerprint density at radius 3 is 2.62 bits per heavy atom. The molecule has 1 fully saturated rings. The molecule has 1 saturated heterocycles. The Balaban J connectivity index is 2.24. The normalized spacial score (nSPS) is 22.8. The minimum atomic E-state index is -0.568. The molecule has 1 aliphatic rings. The summed E-state index contributed by atoms with van der Waals surface area (Å²) in [6.45, 7) is 7.11. The summed E-state index contributed by atoms with van der Waals surface area (Å²) in [5, 5.41) is 3.11. The van der Waals surface area contributed by atoms with Crippen molar-refractivity contribution >= 4 is 6.16 Å². The molecule has 4 heteroatoms. The van der Waals surface area contributed by atoms with E-state index in [1.54, 1.807) is 0 Å². The lowest BCUT2D eigenvalue weighted by molar-refractivity contribution is -0.0228. The Kier molecular flexibility index (Phi) is 3.14. The summed E-state index contributed by atoms with van der Waals surface area (Å²) in [5.41, 5.74) is -0.469. The van der Waals surface area contributed by atoms with Crippen LogP contribution in [-0.4, -0.2) is 30.9 Å². The van der Waals surface area contributed by atoms with E-state index in [9.17, 15) is 4.79 Å². The van der Waals surface area contributed by atoms with Crippen molar-refractivity contribution in [3.8, 4) is 0 Å². The molecule has 0 amide bonds. The molecule has 13 heavy (non-hydrogen) atoms. The van der Waals surface area contributed by atoms with Gasteiger partial charge in [0.05, 0.1) is 0 Å². The van der Waals surface area contributed by atoms with E-state index >= 15 is 0 Å². The van der Waals surface area contributed by atoms with E-state index in [4.69, 9.17) is 9.47 Å². The molecule has 76 valence electrons. The molecular weight excluding hydrogens is 170 g/mol. The highest BCUT2D eigenvalue weighted by atomic mass is 16.7. The van der Waals surface area contributed by atoms with Crippen LogP contribution in [0.5, 0.6) is 0 Å². The zero-order valence-corrected chi connectivity index (χ0v) is 8.42. The largest absolute Gasteiger partial charge is 0.509 e. The maximum absolute atomic E-state index is 11.1. The molecule has 0 unspecified atom stereocenters. The molecule has 0 saturated carbocycles. The van der Waals surface area contributed by atoms with Crippen molar-refractivity contribution in [2.24, 2.45) is 0 Å². The molecule has 1 atom stereocenters. The van der Waals surface area contributed by atoms with Gasteiger partial charge in [0, 0.05) is 6.54 Å². The predicted molar refractivity (Wildman–Crippen MR) is 48.6 cm³/mol. The van der Waals surface area contributed by atoms with Gasteiger partial charge in [0.15, 0.2) is 0 Å². The van der Waals surface area contributed by atoms with Gasteiger partial charge in [-0.25, -0.2) is 4.79 Å². The zero-order valence-electron chi connectivity index (χ0n) is 8.42. The third kappa shape index (κ3) is 4.12. The van der Waals surface area contributed by atoms with Gasteiger partial charge in [0.1, 0.15) is 11.7 Å². The summed E-state index contributed by atoms with van der Waals surface area (Å²) in [6.07, 6.45) is 0.287. The Morgan fingerprint density at radius 1 is 1.46 bits per heavy atom. The lowest BCUT2D eigenvalue weighted by Gasteiger charge is -2.20. The fraction of sp³-hybridized carbons (Fsp3) is 0.889. The van der Waals surface area contributed by atoms with E-state index in [-0.39, 0.29) is 6.10 Å². The Hall–Kier alpha value is -0.770. The van der Waals surface area contributed by atoms with Gasteiger partial charge >= 0.3 is 6.16 Å². The van der Waals surface area contributed by atoms with Crippen molar-refractivity contribution in [3.05, 3.63) is 0 Å². The number of hydrogen-bond donors (Lipinski definition) is 1. The number of carbonyl (C=O) groups excluding carboxylic acids is 1. The lowest BCUT2D eigenvalue weighted by atomic mass is 10.2. The maximum Gasteiger partial charge on any atom is 0.509 e. The van der Waals surface area contributed by atoms with Crippen LogP contribution in [0.15, 0.2) is 0 Å². The summed E-state index contributed by atoms with van der Waals surface area (Å²) in [5.74, 6) is 0. The maximum atomic E-state index is 11.1. The van der Waals surface area contributed by atoms with E-state index in [1.165, 1.54) is 0 Å². The third-order valence-electron chi connectivity index (χ3n) is 1.67. The quantitative estimate of drug-likeness (QED) is 0.628.